The van der Waals surface area contributed by atoms with Crippen molar-refractivity contribution in [2.75, 3.05) is 5.32 Å². The van der Waals surface area contributed by atoms with Crippen molar-refractivity contribution in [2.24, 2.45) is 21.7 Å². The van der Waals surface area contributed by atoms with Gasteiger partial charge in [0, 0.05) is 16.2 Å². The first kappa shape index (κ1) is 18.7. The van der Waals surface area contributed by atoms with Crippen molar-refractivity contribution < 1.29 is 9.59 Å². The van der Waals surface area contributed by atoms with E-state index < -0.39 is 17.9 Å². The minimum atomic E-state index is -1.02. The fourth-order valence-electron chi connectivity index (χ4n) is 2.50. The van der Waals surface area contributed by atoms with E-state index in [2.05, 4.69) is 36.5 Å². The number of hydrogen-bond donors (Lipinski definition) is 4. The molecule has 27 heavy (non-hydrogen) atoms. The molecule has 8 nitrogen and oxygen atoms in total. The molecule has 138 valence electrons. The third-order valence-corrected chi connectivity index (χ3v) is 4.33. The van der Waals surface area contributed by atoms with Crippen LogP contribution in [0.4, 0.5) is 17.1 Å². The van der Waals surface area contributed by atoms with Crippen LogP contribution in [0.2, 0.25) is 0 Å². The van der Waals surface area contributed by atoms with Crippen molar-refractivity contribution in [1.82, 2.24) is 4.98 Å². The molecule has 0 spiro atoms. The second-order valence-electron chi connectivity index (χ2n) is 5.84. The van der Waals surface area contributed by atoms with Crippen molar-refractivity contribution >= 4 is 55.7 Å². The minimum absolute atomic E-state index is 0.231. The van der Waals surface area contributed by atoms with Crippen LogP contribution in [0.3, 0.4) is 0 Å². The number of carbonyl (C=O) groups excluding carboxylic acids is 2. The molecule has 0 aliphatic rings. The third kappa shape index (κ3) is 4.57. The summed E-state index contributed by atoms with van der Waals surface area (Å²) in [4.78, 5) is 26.3. The molecule has 0 aliphatic heterocycles. The van der Waals surface area contributed by atoms with Crippen LogP contribution in [-0.2, 0) is 9.59 Å². The van der Waals surface area contributed by atoms with E-state index in [0.717, 1.165) is 9.99 Å². The van der Waals surface area contributed by atoms with Crippen molar-refractivity contribution in [3.05, 3.63) is 53.1 Å². The van der Waals surface area contributed by atoms with E-state index in [1.165, 1.54) is 0 Å². The molecular weight excluding hydrogens is 412 g/mol. The van der Waals surface area contributed by atoms with Crippen molar-refractivity contribution in [3.63, 3.8) is 0 Å². The van der Waals surface area contributed by atoms with E-state index in [1.807, 2.05) is 30.3 Å². The number of azo groups is 1. The van der Waals surface area contributed by atoms with Crippen molar-refractivity contribution in [1.29, 1.82) is 0 Å². The van der Waals surface area contributed by atoms with Gasteiger partial charge in [0.2, 0.25) is 11.8 Å². The summed E-state index contributed by atoms with van der Waals surface area (Å²) >= 11 is 3.37. The molecule has 9 heteroatoms. The number of halogens is 1. The molecule has 6 N–H and O–H groups in total. The van der Waals surface area contributed by atoms with Gasteiger partial charge in [-0.15, -0.1) is 5.11 Å². The topological polar surface area (TPSA) is 139 Å². The molecule has 0 radical (unpaired) electrons. The molecule has 2 amide bonds. The van der Waals surface area contributed by atoms with Gasteiger partial charge in [0.15, 0.2) is 0 Å². The van der Waals surface area contributed by atoms with Crippen LogP contribution in [0.1, 0.15) is 6.42 Å². The van der Waals surface area contributed by atoms with E-state index in [4.69, 9.17) is 11.5 Å². The highest BCUT2D eigenvalue weighted by Crippen LogP contribution is 2.33. The number of nitrogens with two attached hydrogens (primary N) is 2. The molecule has 0 fully saturated rings. The lowest BCUT2D eigenvalue weighted by Gasteiger charge is -2.11. The summed E-state index contributed by atoms with van der Waals surface area (Å²) in [5.41, 5.74) is 13.3. The highest BCUT2D eigenvalue weighted by Gasteiger charge is 2.18. The number of nitrogens with one attached hydrogen (secondary N) is 2. The molecule has 0 bridgehead atoms. The molecular formula is C18H17BrN6O2. The maximum atomic E-state index is 12.2. The molecule has 1 atom stereocenters. The van der Waals surface area contributed by atoms with Gasteiger partial charge in [-0.05, 0) is 36.4 Å². The number of amides is 2. The first-order valence-corrected chi connectivity index (χ1v) is 8.85. The smallest absolute Gasteiger partial charge is 0.241 e. The Labute approximate surface area is 163 Å². The van der Waals surface area contributed by atoms with Crippen LogP contribution in [-0.4, -0.2) is 22.8 Å². The van der Waals surface area contributed by atoms with Crippen LogP contribution in [0.5, 0.6) is 0 Å². The number of rotatable bonds is 6. The lowest BCUT2D eigenvalue weighted by molar-refractivity contribution is -0.123. The molecule has 0 saturated heterocycles. The van der Waals surface area contributed by atoms with Crippen LogP contribution in [0, 0.1) is 0 Å². The normalized spacial score (nSPS) is 12.4. The van der Waals surface area contributed by atoms with Gasteiger partial charge in [-0.2, -0.15) is 5.11 Å². The van der Waals surface area contributed by atoms with Gasteiger partial charge < -0.3 is 21.8 Å². The first-order chi connectivity index (χ1) is 12.9. The number of hydrogen-bond acceptors (Lipinski definition) is 5. The quantitative estimate of drug-likeness (QED) is 0.446. The number of H-pyrrole nitrogens is 1. The molecule has 2 aromatic carbocycles. The summed E-state index contributed by atoms with van der Waals surface area (Å²) < 4.78 is 0.950. The predicted molar refractivity (Wildman–Crippen MR) is 107 cm³/mol. The summed E-state index contributed by atoms with van der Waals surface area (Å²) in [7, 11) is 0. The van der Waals surface area contributed by atoms with Crippen LogP contribution >= 0.6 is 15.9 Å². The standard InChI is InChI=1S/C18H17BrN6O2/c19-10-4-6-11(7-5-10)24-25-15-9-22-13-2-1-3-14(17(13)15)23-18(27)12(20)8-16(21)26/h1-7,9,12,22H,8,20H2,(H2,21,26)(H,23,27)/t12-/m0/s1. The average Bonchev–Trinajstić information content (AvgIpc) is 3.05. The van der Waals surface area contributed by atoms with Gasteiger partial charge in [0.05, 0.1) is 29.2 Å². The zero-order valence-electron chi connectivity index (χ0n) is 14.1. The predicted octanol–water partition coefficient (Wildman–Crippen LogP) is 3.49. The third-order valence-electron chi connectivity index (χ3n) is 3.80. The van der Waals surface area contributed by atoms with E-state index in [9.17, 15) is 9.59 Å². The fourth-order valence-corrected chi connectivity index (χ4v) is 2.77. The number of benzene rings is 2. The van der Waals surface area contributed by atoms with Gasteiger partial charge in [0.1, 0.15) is 5.69 Å². The molecule has 3 aromatic rings. The lowest BCUT2D eigenvalue weighted by atomic mass is 10.1. The Hall–Kier alpha value is -3.04. The average molecular weight is 429 g/mol. The summed E-state index contributed by atoms with van der Waals surface area (Å²) in [5, 5.41) is 11.9. The maximum Gasteiger partial charge on any atom is 0.241 e. The number of primary amides is 1. The van der Waals surface area contributed by atoms with Crippen molar-refractivity contribution in [3.8, 4) is 0 Å². The molecule has 0 aliphatic carbocycles. The highest BCUT2D eigenvalue weighted by atomic mass is 79.9. The lowest BCUT2D eigenvalue weighted by Crippen LogP contribution is -2.39. The van der Waals surface area contributed by atoms with Gasteiger partial charge in [-0.3, -0.25) is 9.59 Å². The Morgan fingerprint density at radius 3 is 2.59 bits per heavy atom. The van der Waals surface area contributed by atoms with E-state index in [1.54, 1.807) is 18.3 Å². The summed E-state index contributed by atoms with van der Waals surface area (Å²) in [5.74, 6) is -1.14. The monoisotopic (exact) mass is 428 g/mol. The zero-order chi connectivity index (χ0) is 19.4. The number of aromatic nitrogens is 1. The van der Waals surface area contributed by atoms with E-state index in [-0.39, 0.29) is 6.42 Å². The zero-order valence-corrected chi connectivity index (χ0v) is 15.7. The second-order valence-corrected chi connectivity index (χ2v) is 6.76. The summed E-state index contributed by atoms with van der Waals surface area (Å²) in [6.45, 7) is 0. The van der Waals surface area contributed by atoms with E-state index in [0.29, 0.717) is 22.4 Å². The Morgan fingerprint density at radius 2 is 1.89 bits per heavy atom. The molecule has 0 unspecified atom stereocenters. The van der Waals surface area contributed by atoms with Gasteiger partial charge in [-0.25, -0.2) is 0 Å². The number of aromatic amines is 1. The maximum absolute atomic E-state index is 12.2. The van der Waals surface area contributed by atoms with Crippen LogP contribution < -0.4 is 16.8 Å². The molecule has 3 rings (SSSR count). The Balaban J connectivity index is 1.89. The number of fused-ring (bicyclic) bond motifs is 1. The van der Waals surface area contributed by atoms with Crippen LogP contribution in [0.25, 0.3) is 10.9 Å². The Morgan fingerprint density at radius 1 is 1.15 bits per heavy atom. The summed E-state index contributed by atoms with van der Waals surface area (Å²) in [6, 6.07) is 11.7. The van der Waals surface area contributed by atoms with Gasteiger partial charge in [0.25, 0.3) is 0 Å². The largest absolute Gasteiger partial charge is 0.370 e. The second kappa shape index (κ2) is 8.11. The van der Waals surface area contributed by atoms with Crippen LogP contribution in [0.15, 0.2) is 63.4 Å². The number of anilines is 1. The van der Waals surface area contributed by atoms with Gasteiger partial charge >= 0.3 is 0 Å². The molecule has 1 aromatic heterocycles. The molecule has 0 saturated carbocycles. The number of carbonyl (C=O) groups is 2. The summed E-state index contributed by atoms with van der Waals surface area (Å²) in [6.07, 6.45) is 1.47. The van der Waals surface area contributed by atoms with E-state index >= 15 is 0 Å². The SMILES string of the molecule is NC(=O)C[C@H](N)C(=O)Nc1cccc2[nH]cc(N=Nc3ccc(Br)cc3)c12. The highest BCUT2D eigenvalue weighted by molar-refractivity contribution is 9.10. The first-order valence-electron chi connectivity index (χ1n) is 8.06. The Kier molecular flexibility index (Phi) is 5.63. The molecule has 1 heterocycles. The Bertz CT molecular complexity index is 1010. The van der Waals surface area contributed by atoms with Gasteiger partial charge in [-0.1, -0.05) is 22.0 Å². The minimum Gasteiger partial charge on any atom is -0.370 e. The number of nitrogens with zero attached hydrogens (tertiary/aromatic N) is 2. The fraction of sp³-hybridized carbons (Fsp3) is 0.111. The van der Waals surface area contributed by atoms with Crippen molar-refractivity contribution in [2.45, 2.75) is 12.5 Å².